The van der Waals surface area contributed by atoms with E-state index in [9.17, 15) is 5.11 Å². The molecule has 0 aliphatic carbocycles. The van der Waals surface area contributed by atoms with E-state index in [1.807, 2.05) is 18.2 Å². The van der Waals surface area contributed by atoms with Crippen molar-refractivity contribution in [3.05, 3.63) is 23.8 Å². The van der Waals surface area contributed by atoms with Crippen molar-refractivity contribution in [2.24, 2.45) is 0 Å². The molecule has 0 amide bonds. The number of benzene rings is 1. The fourth-order valence-corrected chi connectivity index (χ4v) is 2.70. The van der Waals surface area contributed by atoms with Gasteiger partial charge < -0.3 is 24.8 Å². The summed E-state index contributed by atoms with van der Waals surface area (Å²) < 4.78 is 10.5. The topological polar surface area (TPSA) is 54.0 Å². The lowest BCUT2D eigenvalue weighted by atomic mass is 10.0. The van der Waals surface area contributed by atoms with E-state index >= 15 is 0 Å². The number of nitrogens with one attached hydrogen (secondary N) is 1. The zero-order valence-electron chi connectivity index (χ0n) is 13.1. The smallest absolute Gasteiger partial charge is 0.124 e. The summed E-state index contributed by atoms with van der Waals surface area (Å²) in [7, 11) is 5.38. The molecule has 1 saturated heterocycles. The minimum absolute atomic E-state index is 0.479. The Morgan fingerprint density at radius 2 is 2.00 bits per heavy atom. The fourth-order valence-electron chi connectivity index (χ4n) is 2.70. The second-order valence-corrected chi connectivity index (χ2v) is 5.61. The predicted octanol–water partition coefficient (Wildman–Crippen LogP) is 1.42. The van der Waals surface area contributed by atoms with Crippen LogP contribution in [-0.4, -0.2) is 56.9 Å². The van der Waals surface area contributed by atoms with Crippen LogP contribution in [0.1, 0.15) is 24.5 Å². The normalized spacial score (nSPS) is 18.5. The average Bonchev–Trinajstić information content (AvgIpc) is 2.53. The number of rotatable bonds is 6. The summed E-state index contributed by atoms with van der Waals surface area (Å²) in [6, 6.07) is 5.97. The van der Waals surface area contributed by atoms with Gasteiger partial charge >= 0.3 is 0 Å². The molecule has 0 aromatic heterocycles. The van der Waals surface area contributed by atoms with Crippen molar-refractivity contribution >= 4 is 0 Å². The largest absolute Gasteiger partial charge is 0.497 e. The van der Waals surface area contributed by atoms with E-state index in [2.05, 4.69) is 17.3 Å². The first-order valence-corrected chi connectivity index (χ1v) is 7.46. The van der Waals surface area contributed by atoms with Crippen molar-refractivity contribution in [1.29, 1.82) is 0 Å². The first-order chi connectivity index (χ1) is 10.1. The van der Waals surface area contributed by atoms with Crippen molar-refractivity contribution in [3.63, 3.8) is 0 Å². The van der Waals surface area contributed by atoms with Crippen molar-refractivity contribution in [2.75, 3.05) is 40.9 Å². The van der Waals surface area contributed by atoms with Gasteiger partial charge in [-0.1, -0.05) is 0 Å². The molecule has 0 saturated carbocycles. The number of ether oxygens (including phenoxy) is 2. The van der Waals surface area contributed by atoms with Crippen molar-refractivity contribution in [2.45, 2.75) is 25.0 Å². The Kier molecular flexibility index (Phi) is 5.85. The maximum atomic E-state index is 10.4. The second-order valence-electron chi connectivity index (χ2n) is 5.61. The third kappa shape index (κ3) is 4.33. The Morgan fingerprint density at radius 1 is 1.29 bits per heavy atom. The quantitative estimate of drug-likeness (QED) is 0.831. The Hall–Kier alpha value is -1.30. The molecule has 0 spiro atoms. The second kappa shape index (κ2) is 7.64. The molecule has 2 rings (SSSR count). The zero-order chi connectivity index (χ0) is 15.2. The van der Waals surface area contributed by atoms with Crippen LogP contribution in [0.3, 0.4) is 0 Å². The summed E-state index contributed by atoms with van der Waals surface area (Å²) in [4.78, 5) is 2.33. The number of nitrogens with zero attached hydrogens (tertiary/aromatic N) is 1. The molecular weight excluding hydrogens is 268 g/mol. The molecule has 21 heavy (non-hydrogen) atoms. The maximum absolute atomic E-state index is 10.4. The standard InChI is InChI=1S/C16H26N2O3/c1-18-8-6-12(7-9-18)17-11-15(19)14-10-13(20-2)4-5-16(14)21-3/h4-5,10,12,15,17,19H,6-9,11H2,1-3H3. The van der Waals surface area contributed by atoms with E-state index < -0.39 is 6.10 Å². The van der Waals surface area contributed by atoms with Crippen LogP contribution in [-0.2, 0) is 0 Å². The van der Waals surface area contributed by atoms with Crippen LogP contribution in [0.5, 0.6) is 11.5 Å². The van der Waals surface area contributed by atoms with Crippen molar-refractivity contribution in [3.8, 4) is 11.5 Å². The van der Waals surface area contributed by atoms with Gasteiger partial charge in [-0.3, -0.25) is 0 Å². The van der Waals surface area contributed by atoms with E-state index in [0.717, 1.165) is 37.2 Å². The van der Waals surface area contributed by atoms with Gasteiger partial charge in [-0.15, -0.1) is 0 Å². The van der Waals surface area contributed by atoms with Gasteiger partial charge in [0.2, 0.25) is 0 Å². The number of likely N-dealkylation sites (tertiary alicyclic amines) is 1. The fraction of sp³-hybridized carbons (Fsp3) is 0.625. The van der Waals surface area contributed by atoms with E-state index in [1.165, 1.54) is 0 Å². The monoisotopic (exact) mass is 294 g/mol. The highest BCUT2D eigenvalue weighted by atomic mass is 16.5. The van der Waals surface area contributed by atoms with Crippen LogP contribution < -0.4 is 14.8 Å². The van der Waals surface area contributed by atoms with Gasteiger partial charge in [0.25, 0.3) is 0 Å². The van der Waals surface area contributed by atoms with Crippen LogP contribution in [0.25, 0.3) is 0 Å². The first kappa shape index (κ1) is 16.1. The predicted molar refractivity (Wildman–Crippen MR) is 83.0 cm³/mol. The molecule has 1 aliphatic heterocycles. The first-order valence-electron chi connectivity index (χ1n) is 7.46. The molecule has 118 valence electrons. The number of piperidine rings is 1. The molecule has 2 N–H and O–H groups in total. The van der Waals surface area contributed by atoms with Gasteiger partial charge in [0.15, 0.2) is 0 Å². The van der Waals surface area contributed by atoms with Gasteiger partial charge in [-0.25, -0.2) is 0 Å². The molecule has 0 bridgehead atoms. The molecule has 1 aromatic carbocycles. The third-order valence-corrected chi connectivity index (χ3v) is 4.11. The lowest BCUT2D eigenvalue weighted by Gasteiger charge is -2.30. The highest BCUT2D eigenvalue weighted by Crippen LogP contribution is 2.29. The van der Waals surface area contributed by atoms with Crippen LogP contribution in [0.15, 0.2) is 18.2 Å². The number of aliphatic hydroxyl groups excluding tert-OH is 1. The summed E-state index contributed by atoms with van der Waals surface area (Å²) in [6.45, 7) is 2.74. The summed E-state index contributed by atoms with van der Waals surface area (Å²) in [5, 5.41) is 13.9. The molecule has 1 aliphatic rings. The molecule has 5 heteroatoms. The van der Waals surface area contributed by atoms with Gasteiger partial charge in [0, 0.05) is 18.2 Å². The van der Waals surface area contributed by atoms with Gasteiger partial charge in [0.05, 0.1) is 20.3 Å². The number of methoxy groups -OCH3 is 2. The minimum atomic E-state index is -0.602. The van der Waals surface area contributed by atoms with Crippen molar-refractivity contribution < 1.29 is 14.6 Å². The maximum Gasteiger partial charge on any atom is 0.124 e. The van der Waals surface area contributed by atoms with Crippen LogP contribution in [0.2, 0.25) is 0 Å². The Balaban J connectivity index is 1.94. The lowest BCUT2D eigenvalue weighted by Crippen LogP contribution is -2.42. The zero-order valence-corrected chi connectivity index (χ0v) is 13.1. The third-order valence-electron chi connectivity index (χ3n) is 4.11. The highest BCUT2D eigenvalue weighted by Gasteiger charge is 2.19. The van der Waals surface area contributed by atoms with E-state index in [4.69, 9.17) is 9.47 Å². The van der Waals surface area contributed by atoms with E-state index in [0.29, 0.717) is 18.3 Å². The average molecular weight is 294 g/mol. The molecule has 1 heterocycles. The number of hydrogen-bond acceptors (Lipinski definition) is 5. The molecule has 1 fully saturated rings. The molecule has 1 unspecified atom stereocenters. The van der Waals surface area contributed by atoms with Crippen LogP contribution in [0, 0.1) is 0 Å². The van der Waals surface area contributed by atoms with Gasteiger partial charge in [-0.2, -0.15) is 0 Å². The van der Waals surface area contributed by atoms with Gasteiger partial charge in [0.1, 0.15) is 11.5 Å². The SMILES string of the molecule is COc1ccc(OC)c(C(O)CNC2CCN(C)CC2)c1. The number of aliphatic hydroxyl groups is 1. The molecule has 1 aromatic rings. The van der Waals surface area contributed by atoms with Crippen LogP contribution in [0.4, 0.5) is 0 Å². The Morgan fingerprint density at radius 3 is 2.62 bits per heavy atom. The lowest BCUT2D eigenvalue weighted by molar-refractivity contribution is 0.154. The summed E-state index contributed by atoms with van der Waals surface area (Å²) >= 11 is 0. The minimum Gasteiger partial charge on any atom is -0.497 e. The molecular formula is C16H26N2O3. The van der Waals surface area contributed by atoms with E-state index in [-0.39, 0.29) is 0 Å². The summed E-state index contributed by atoms with van der Waals surface area (Å²) in [5.41, 5.74) is 0.761. The Labute approximate surface area is 126 Å². The van der Waals surface area contributed by atoms with Gasteiger partial charge in [-0.05, 0) is 51.2 Å². The number of hydrogen-bond donors (Lipinski definition) is 2. The Bertz CT molecular complexity index is 445. The van der Waals surface area contributed by atoms with Crippen LogP contribution >= 0.6 is 0 Å². The van der Waals surface area contributed by atoms with Crippen molar-refractivity contribution in [1.82, 2.24) is 10.2 Å². The summed E-state index contributed by atoms with van der Waals surface area (Å²) in [6.07, 6.45) is 1.64. The molecule has 1 atom stereocenters. The summed E-state index contributed by atoms with van der Waals surface area (Å²) in [5.74, 6) is 1.41. The van der Waals surface area contributed by atoms with E-state index in [1.54, 1.807) is 14.2 Å². The highest BCUT2D eigenvalue weighted by molar-refractivity contribution is 5.41. The molecule has 5 nitrogen and oxygen atoms in total. The molecule has 0 radical (unpaired) electrons.